The molecule has 5 heteroatoms. The summed E-state index contributed by atoms with van der Waals surface area (Å²) in [4.78, 5) is 13.4. The third-order valence-corrected chi connectivity index (χ3v) is 4.43. The summed E-state index contributed by atoms with van der Waals surface area (Å²) in [7, 11) is 0. The van der Waals surface area contributed by atoms with Gasteiger partial charge in [0.05, 0.1) is 16.6 Å². The van der Waals surface area contributed by atoms with E-state index in [9.17, 15) is 4.79 Å². The van der Waals surface area contributed by atoms with Crippen molar-refractivity contribution in [3.05, 3.63) is 64.7 Å². The Bertz CT molecular complexity index is 760. The zero-order chi connectivity index (χ0) is 15.5. The number of amides is 1. The van der Waals surface area contributed by atoms with Gasteiger partial charge in [-0.3, -0.25) is 9.89 Å². The summed E-state index contributed by atoms with van der Waals surface area (Å²) in [6.45, 7) is 4.01. The zero-order valence-electron chi connectivity index (χ0n) is 12.5. The molecule has 1 unspecified atom stereocenters. The summed E-state index contributed by atoms with van der Waals surface area (Å²) in [6.07, 6.45) is 0. The molecular weight excluding hydrogens is 294 g/mol. The molecule has 1 aromatic carbocycles. The normalized spacial score (nSPS) is 12.1. The van der Waals surface area contributed by atoms with Crippen LogP contribution < -0.4 is 5.32 Å². The second kappa shape index (κ2) is 6.15. The molecule has 0 bridgehead atoms. The fourth-order valence-corrected chi connectivity index (χ4v) is 2.90. The summed E-state index contributed by atoms with van der Waals surface area (Å²) in [5, 5.41) is 12.0. The number of aromatic nitrogens is 2. The van der Waals surface area contributed by atoms with Gasteiger partial charge < -0.3 is 5.32 Å². The Morgan fingerprint density at radius 3 is 2.73 bits per heavy atom. The average Bonchev–Trinajstić information content (AvgIpc) is 3.19. The number of aromatic amines is 1. The van der Waals surface area contributed by atoms with Gasteiger partial charge in [0.15, 0.2) is 5.69 Å². The summed E-state index contributed by atoms with van der Waals surface area (Å²) < 4.78 is 0. The van der Waals surface area contributed by atoms with Crippen molar-refractivity contribution in [2.75, 3.05) is 0 Å². The molecule has 0 saturated carbocycles. The minimum Gasteiger partial charge on any atom is -0.344 e. The van der Waals surface area contributed by atoms with Crippen molar-refractivity contribution < 1.29 is 4.79 Å². The molecule has 2 aromatic heterocycles. The number of rotatable bonds is 4. The van der Waals surface area contributed by atoms with Gasteiger partial charge in [0.1, 0.15) is 0 Å². The van der Waals surface area contributed by atoms with E-state index < -0.39 is 0 Å². The highest BCUT2D eigenvalue weighted by molar-refractivity contribution is 7.13. The number of carbonyl (C=O) groups is 1. The standard InChI is InChI=1S/C17H17N3OS/c1-11-5-7-13(8-6-11)12(2)18-17(21)15-10-14(19-20-15)16-4-3-9-22-16/h3-10,12H,1-2H3,(H,18,21)(H,19,20). The van der Waals surface area contributed by atoms with Crippen LogP contribution in [-0.4, -0.2) is 16.1 Å². The number of hydrogen-bond donors (Lipinski definition) is 2. The molecule has 1 atom stereocenters. The molecule has 22 heavy (non-hydrogen) atoms. The maximum Gasteiger partial charge on any atom is 0.272 e. The van der Waals surface area contributed by atoms with Crippen LogP contribution in [0.2, 0.25) is 0 Å². The first-order chi connectivity index (χ1) is 10.6. The van der Waals surface area contributed by atoms with E-state index in [2.05, 4.69) is 15.5 Å². The summed E-state index contributed by atoms with van der Waals surface area (Å²) in [5.41, 5.74) is 3.55. The summed E-state index contributed by atoms with van der Waals surface area (Å²) >= 11 is 1.61. The average molecular weight is 311 g/mol. The number of nitrogens with one attached hydrogen (secondary N) is 2. The molecule has 0 aliphatic heterocycles. The quantitative estimate of drug-likeness (QED) is 0.767. The topological polar surface area (TPSA) is 57.8 Å². The summed E-state index contributed by atoms with van der Waals surface area (Å²) in [5.74, 6) is -0.174. The van der Waals surface area contributed by atoms with E-state index in [0.29, 0.717) is 5.69 Å². The predicted octanol–water partition coefficient (Wildman–Crippen LogP) is 3.94. The van der Waals surface area contributed by atoms with Crippen LogP contribution in [0.4, 0.5) is 0 Å². The molecule has 2 N–H and O–H groups in total. The van der Waals surface area contributed by atoms with Crippen LogP contribution >= 0.6 is 11.3 Å². The molecule has 0 spiro atoms. The largest absolute Gasteiger partial charge is 0.344 e. The fourth-order valence-electron chi connectivity index (χ4n) is 2.21. The lowest BCUT2D eigenvalue weighted by molar-refractivity contribution is 0.0935. The molecule has 3 rings (SSSR count). The molecular formula is C17H17N3OS. The van der Waals surface area contributed by atoms with E-state index in [-0.39, 0.29) is 11.9 Å². The second-order valence-corrected chi connectivity index (χ2v) is 6.20. The Morgan fingerprint density at radius 1 is 1.27 bits per heavy atom. The second-order valence-electron chi connectivity index (χ2n) is 5.25. The highest BCUT2D eigenvalue weighted by atomic mass is 32.1. The number of thiophene rings is 1. The van der Waals surface area contributed by atoms with E-state index in [1.165, 1.54) is 5.56 Å². The predicted molar refractivity (Wildman–Crippen MR) is 89.0 cm³/mol. The van der Waals surface area contributed by atoms with Crippen LogP contribution in [-0.2, 0) is 0 Å². The van der Waals surface area contributed by atoms with E-state index in [4.69, 9.17) is 0 Å². The number of aryl methyl sites for hydroxylation is 1. The van der Waals surface area contributed by atoms with Gasteiger partial charge in [-0.25, -0.2) is 0 Å². The van der Waals surface area contributed by atoms with E-state index in [0.717, 1.165) is 16.1 Å². The van der Waals surface area contributed by atoms with Crippen molar-refractivity contribution in [3.63, 3.8) is 0 Å². The SMILES string of the molecule is Cc1ccc(C(C)NC(=O)c2cc(-c3cccs3)[nH]n2)cc1. The lowest BCUT2D eigenvalue weighted by Crippen LogP contribution is -2.26. The molecule has 0 saturated heterocycles. The molecule has 3 aromatic rings. The van der Waals surface area contributed by atoms with Crippen LogP contribution in [0.1, 0.15) is 34.6 Å². The Hall–Kier alpha value is -2.40. The van der Waals surface area contributed by atoms with Gasteiger partial charge >= 0.3 is 0 Å². The van der Waals surface area contributed by atoms with Crippen LogP contribution in [0.5, 0.6) is 0 Å². The molecule has 112 valence electrons. The monoisotopic (exact) mass is 311 g/mol. The number of H-pyrrole nitrogens is 1. The van der Waals surface area contributed by atoms with Crippen molar-refractivity contribution in [1.29, 1.82) is 0 Å². The van der Waals surface area contributed by atoms with Gasteiger partial charge in [-0.1, -0.05) is 35.9 Å². The number of carbonyl (C=O) groups excluding carboxylic acids is 1. The first-order valence-corrected chi connectivity index (χ1v) is 7.98. The first-order valence-electron chi connectivity index (χ1n) is 7.10. The molecule has 1 amide bonds. The van der Waals surface area contributed by atoms with Crippen molar-refractivity contribution in [1.82, 2.24) is 15.5 Å². The molecule has 2 heterocycles. The van der Waals surface area contributed by atoms with Crippen molar-refractivity contribution >= 4 is 17.2 Å². The van der Waals surface area contributed by atoms with Crippen LogP contribution in [0, 0.1) is 6.92 Å². The molecule has 4 nitrogen and oxygen atoms in total. The third kappa shape index (κ3) is 3.09. The highest BCUT2D eigenvalue weighted by Gasteiger charge is 2.15. The van der Waals surface area contributed by atoms with Gasteiger partial charge in [0, 0.05) is 0 Å². The minimum atomic E-state index is -0.174. The Balaban J connectivity index is 1.70. The Kier molecular flexibility index (Phi) is 4.06. The van der Waals surface area contributed by atoms with Gasteiger partial charge in [0.2, 0.25) is 0 Å². The maximum absolute atomic E-state index is 12.3. The van der Waals surface area contributed by atoms with E-state index >= 15 is 0 Å². The van der Waals surface area contributed by atoms with Gasteiger partial charge in [0.25, 0.3) is 5.91 Å². The lowest BCUT2D eigenvalue weighted by Gasteiger charge is -2.13. The lowest BCUT2D eigenvalue weighted by atomic mass is 10.1. The zero-order valence-corrected chi connectivity index (χ0v) is 13.3. The third-order valence-electron chi connectivity index (χ3n) is 3.52. The van der Waals surface area contributed by atoms with E-state index in [1.807, 2.05) is 55.6 Å². The van der Waals surface area contributed by atoms with Gasteiger partial charge in [-0.2, -0.15) is 5.10 Å². The highest BCUT2D eigenvalue weighted by Crippen LogP contribution is 2.23. The van der Waals surface area contributed by atoms with Crippen molar-refractivity contribution in [2.45, 2.75) is 19.9 Å². The van der Waals surface area contributed by atoms with Crippen LogP contribution in [0.15, 0.2) is 47.8 Å². The first kappa shape index (κ1) is 14.5. The molecule has 0 fully saturated rings. The summed E-state index contributed by atoms with van der Waals surface area (Å²) in [6, 6.07) is 13.8. The van der Waals surface area contributed by atoms with Gasteiger partial charge in [-0.05, 0) is 36.9 Å². The van der Waals surface area contributed by atoms with Gasteiger partial charge in [-0.15, -0.1) is 11.3 Å². The minimum absolute atomic E-state index is 0.0602. The van der Waals surface area contributed by atoms with Crippen LogP contribution in [0.25, 0.3) is 10.6 Å². The molecule has 0 aliphatic rings. The number of nitrogens with zero attached hydrogens (tertiary/aromatic N) is 1. The fraction of sp³-hybridized carbons (Fsp3) is 0.176. The maximum atomic E-state index is 12.3. The Labute approximate surface area is 133 Å². The van der Waals surface area contributed by atoms with Crippen LogP contribution in [0.3, 0.4) is 0 Å². The van der Waals surface area contributed by atoms with Crippen molar-refractivity contribution in [2.24, 2.45) is 0 Å². The smallest absolute Gasteiger partial charge is 0.272 e. The van der Waals surface area contributed by atoms with E-state index in [1.54, 1.807) is 17.4 Å². The number of hydrogen-bond acceptors (Lipinski definition) is 3. The number of benzene rings is 1. The molecule has 0 aliphatic carbocycles. The molecule has 0 radical (unpaired) electrons. The van der Waals surface area contributed by atoms with Crippen molar-refractivity contribution in [3.8, 4) is 10.6 Å². The Morgan fingerprint density at radius 2 is 2.05 bits per heavy atom.